The van der Waals surface area contributed by atoms with Gasteiger partial charge < -0.3 is 24.8 Å². The summed E-state index contributed by atoms with van der Waals surface area (Å²) in [7, 11) is 1.51. The summed E-state index contributed by atoms with van der Waals surface area (Å²) in [6, 6.07) is 9.76. The summed E-state index contributed by atoms with van der Waals surface area (Å²) in [5, 5.41) is 28.7. The number of carbonyl (C=O) groups is 1. The van der Waals surface area contributed by atoms with E-state index in [4.69, 9.17) is 21.0 Å². The second kappa shape index (κ2) is 11.1. The number of phenols is 1. The quantitative estimate of drug-likeness (QED) is 0.255. The molecule has 2 aromatic carbocycles. The first-order valence-electron chi connectivity index (χ1n) is 8.94. The van der Waals surface area contributed by atoms with Crippen LogP contribution in [0.1, 0.15) is 16.7 Å². The number of ketones is 1. The monoisotopic (exact) mass is 406 g/mol. The van der Waals surface area contributed by atoms with Crippen LogP contribution in [0.15, 0.2) is 60.4 Å². The number of aliphatic hydroxyl groups excluding tert-OH is 2. The first-order chi connectivity index (χ1) is 14.5. The van der Waals surface area contributed by atoms with Crippen LogP contribution in [0.2, 0.25) is 0 Å². The smallest absolute Gasteiger partial charge is 0.182 e. The van der Waals surface area contributed by atoms with Gasteiger partial charge in [-0.25, -0.2) is 0 Å². The second-order valence-corrected chi connectivity index (χ2v) is 6.09. The molecule has 0 saturated heterocycles. The summed E-state index contributed by atoms with van der Waals surface area (Å²) >= 11 is 0. The third kappa shape index (κ3) is 6.59. The molecule has 0 aliphatic carbocycles. The first kappa shape index (κ1) is 22.3. The molecule has 0 bridgehead atoms. The van der Waals surface area contributed by atoms with Gasteiger partial charge in [-0.15, -0.1) is 6.42 Å². The van der Waals surface area contributed by atoms with Gasteiger partial charge in [0.1, 0.15) is 18.1 Å². The molecular weight excluding hydrogens is 384 g/mol. The SMILES string of the molecule is C#CCOc1ccc(/C=C/C(O)=C/C(=O)/C=C/c2ccc(O)c(CO)c2)cc1OC. The molecule has 0 spiro atoms. The number of aromatic hydroxyl groups is 1. The molecule has 2 aromatic rings. The summed E-state index contributed by atoms with van der Waals surface area (Å²) < 4.78 is 10.6. The van der Waals surface area contributed by atoms with E-state index in [1.165, 1.54) is 31.4 Å². The highest BCUT2D eigenvalue weighted by atomic mass is 16.5. The number of allylic oxidation sites excluding steroid dienone is 3. The predicted octanol–water partition coefficient (Wildman–Crippen LogP) is 3.64. The van der Waals surface area contributed by atoms with E-state index < -0.39 is 5.78 Å². The van der Waals surface area contributed by atoms with Crippen molar-refractivity contribution in [1.82, 2.24) is 0 Å². The van der Waals surface area contributed by atoms with Gasteiger partial charge >= 0.3 is 0 Å². The van der Waals surface area contributed by atoms with Crippen LogP contribution in [0.4, 0.5) is 0 Å². The maximum Gasteiger partial charge on any atom is 0.182 e. The Kier molecular flexibility index (Phi) is 8.30. The molecule has 0 unspecified atom stereocenters. The maximum absolute atomic E-state index is 12.0. The highest BCUT2D eigenvalue weighted by Gasteiger charge is 2.04. The normalized spacial score (nSPS) is 11.6. The third-order valence-corrected chi connectivity index (χ3v) is 3.95. The average Bonchev–Trinajstić information content (AvgIpc) is 2.75. The van der Waals surface area contributed by atoms with Crippen LogP contribution in [0, 0.1) is 12.3 Å². The molecule has 6 heteroatoms. The molecule has 30 heavy (non-hydrogen) atoms. The second-order valence-electron chi connectivity index (χ2n) is 6.09. The van der Waals surface area contributed by atoms with Crippen molar-refractivity contribution >= 4 is 17.9 Å². The molecule has 0 saturated carbocycles. The van der Waals surface area contributed by atoms with Crippen LogP contribution in [0.5, 0.6) is 17.2 Å². The molecule has 0 aliphatic rings. The molecule has 0 aliphatic heterocycles. The van der Waals surface area contributed by atoms with E-state index >= 15 is 0 Å². The van der Waals surface area contributed by atoms with Gasteiger partial charge in [-0.2, -0.15) is 0 Å². The number of hydrogen-bond donors (Lipinski definition) is 3. The van der Waals surface area contributed by atoms with E-state index in [9.17, 15) is 15.0 Å². The predicted molar refractivity (Wildman–Crippen MR) is 115 cm³/mol. The van der Waals surface area contributed by atoms with Crippen molar-refractivity contribution in [1.29, 1.82) is 0 Å². The topological polar surface area (TPSA) is 96.2 Å². The van der Waals surface area contributed by atoms with E-state index in [0.29, 0.717) is 22.6 Å². The number of aliphatic hydroxyl groups is 2. The third-order valence-electron chi connectivity index (χ3n) is 3.95. The standard InChI is InChI=1S/C24H22O6/c1-3-12-30-23-11-7-18(14-24(23)29-2)5-9-21(27)15-20(26)8-4-17-6-10-22(28)19(13-17)16-25/h1,4-11,13-15,25,27-28H,12,16H2,2H3/b8-4+,9-5+,21-15-. The van der Waals surface area contributed by atoms with E-state index in [2.05, 4.69) is 5.92 Å². The van der Waals surface area contributed by atoms with E-state index in [1.807, 2.05) is 0 Å². The van der Waals surface area contributed by atoms with Crippen LogP contribution in [0.25, 0.3) is 12.2 Å². The number of terminal acetylenes is 1. The number of carbonyl (C=O) groups excluding carboxylic acids is 1. The van der Waals surface area contributed by atoms with Crippen molar-refractivity contribution in [3.63, 3.8) is 0 Å². The Morgan fingerprint density at radius 1 is 1.10 bits per heavy atom. The average molecular weight is 406 g/mol. The molecule has 0 aromatic heterocycles. The van der Waals surface area contributed by atoms with Gasteiger partial charge in [0.05, 0.1) is 13.7 Å². The molecule has 3 N–H and O–H groups in total. The minimum atomic E-state index is -0.425. The summed E-state index contributed by atoms with van der Waals surface area (Å²) in [6.07, 6.45) is 12.0. The van der Waals surface area contributed by atoms with Gasteiger partial charge in [0.25, 0.3) is 0 Å². The molecule has 0 amide bonds. The van der Waals surface area contributed by atoms with Gasteiger partial charge in [-0.3, -0.25) is 4.79 Å². The lowest BCUT2D eigenvalue weighted by Gasteiger charge is -2.09. The highest BCUT2D eigenvalue weighted by Crippen LogP contribution is 2.28. The van der Waals surface area contributed by atoms with Crippen molar-refractivity contribution in [2.75, 3.05) is 13.7 Å². The minimum Gasteiger partial charge on any atom is -0.508 e. The van der Waals surface area contributed by atoms with Gasteiger partial charge in [0.15, 0.2) is 17.3 Å². The Labute approximate surface area is 175 Å². The van der Waals surface area contributed by atoms with Crippen molar-refractivity contribution < 1.29 is 29.6 Å². The van der Waals surface area contributed by atoms with E-state index in [1.54, 1.807) is 36.4 Å². The molecular formula is C24H22O6. The van der Waals surface area contributed by atoms with Crippen molar-refractivity contribution in [3.05, 3.63) is 77.1 Å². The zero-order valence-corrected chi connectivity index (χ0v) is 16.4. The maximum atomic E-state index is 12.0. The molecule has 2 rings (SSSR count). The fraction of sp³-hybridized carbons (Fsp3) is 0.125. The number of benzene rings is 2. The van der Waals surface area contributed by atoms with Crippen LogP contribution >= 0.6 is 0 Å². The fourth-order valence-electron chi connectivity index (χ4n) is 2.46. The number of ether oxygens (including phenoxy) is 2. The number of methoxy groups -OCH3 is 1. The summed E-state index contributed by atoms with van der Waals surface area (Å²) in [6.45, 7) is -0.190. The first-order valence-corrected chi connectivity index (χ1v) is 8.94. The number of rotatable bonds is 9. The molecule has 0 atom stereocenters. The van der Waals surface area contributed by atoms with Crippen molar-refractivity contribution in [3.8, 4) is 29.6 Å². The van der Waals surface area contributed by atoms with Crippen LogP contribution in [0.3, 0.4) is 0 Å². The lowest BCUT2D eigenvalue weighted by atomic mass is 10.1. The Hall–Kier alpha value is -3.95. The summed E-state index contributed by atoms with van der Waals surface area (Å²) in [5.41, 5.74) is 1.72. The summed E-state index contributed by atoms with van der Waals surface area (Å²) in [4.78, 5) is 12.0. The molecule has 6 nitrogen and oxygen atoms in total. The largest absolute Gasteiger partial charge is 0.508 e. The number of hydrogen-bond acceptors (Lipinski definition) is 6. The van der Waals surface area contributed by atoms with Crippen LogP contribution in [-0.4, -0.2) is 34.8 Å². The summed E-state index contributed by atoms with van der Waals surface area (Å²) in [5.74, 6) is 2.71. The van der Waals surface area contributed by atoms with Crippen LogP contribution < -0.4 is 9.47 Å². The van der Waals surface area contributed by atoms with Gasteiger partial charge in [-0.05, 0) is 47.5 Å². The van der Waals surface area contributed by atoms with E-state index in [0.717, 1.165) is 11.6 Å². The zero-order valence-electron chi connectivity index (χ0n) is 16.4. The molecule has 154 valence electrons. The van der Waals surface area contributed by atoms with Crippen molar-refractivity contribution in [2.45, 2.75) is 6.61 Å². The Balaban J connectivity index is 2.05. The fourth-order valence-corrected chi connectivity index (χ4v) is 2.46. The van der Waals surface area contributed by atoms with Gasteiger partial charge in [-0.1, -0.05) is 30.2 Å². The van der Waals surface area contributed by atoms with E-state index in [-0.39, 0.29) is 24.7 Å². The lowest BCUT2D eigenvalue weighted by Crippen LogP contribution is -1.96. The Morgan fingerprint density at radius 2 is 1.80 bits per heavy atom. The van der Waals surface area contributed by atoms with Crippen molar-refractivity contribution in [2.24, 2.45) is 0 Å². The lowest BCUT2D eigenvalue weighted by molar-refractivity contribution is -0.110. The highest BCUT2D eigenvalue weighted by molar-refractivity contribution is 6.02. The molecule has 0 heterocycles. The molecule has 0 fully saturated rings. The van der Waals surface area contributed by atoms with Crippen LogP contribution in [-0.2, 0) is 11.4 Å². The van der Waals surface area contributed by atoms with Gasteiger partial charge in [0, 0.05) is 11.6 Å². The minimum absolute atomic E-state index is 0.0177. The molecule has 0 radical (unpaired) electrons. The zero-order chi connectivity index (χ0) is 21.9. The van der Waals surface area contributed by atoms with Gasteiger partial charge in [0.2, 0.25) is 0 Å². The Bertz CT molecular complexity index is 1020. The Morgan fingerprint density at radius 3 is 2.50 bits per heavy atom.